The molecular formula is C101H91Br2F9Li2NO23S+. The first-order valence-corrected chi connectivity index (χ1v) is 43.9. The fourth-order valence-electron chi connectivity index (χ4n) is 13.4. The number of benzene rings is 14. The molecule has 139 heavy (non-hydrogen) atoms. The van der Waals surface area contributed by atoms with Gasteiger partial charge in [-0.05, 0) is 245 Å². The zero-order valence-corrected chi connectivity index (χ0v) is 81.4. The molecule has 14 aromatic carbocycles. The maximum Gasteiger partial charge on any atom is 1.00 e. The van der Waals surface area contributed by atoms with Crippen LogP contribution in [0, 0.1) is 84.5 Å². The normalized spacial score (nSPS) is 10.5. The summed E-state index contributed by atoms with van der Waals surface area (Å²) < 4.78 is 172. The SMILES string of the molecule is CCOC(=O)c1cc(O)c2ccc(Br)cc2c1.CCOC(=O)c1cc2cc(Br)ccc2c(O)c1F.CCOC(=O)c1cc2cc(C)ccc2c(C)c1F.CCOC(=O)c1cc2cc(C)ccc2c(O)c1F.CCOC(=O)c1cc2cc(C)ccc2c(OS(=O)(=O)C(F)(F)F)c1F.Cc1ccc2c(C)c(F)c(C(=O)O)cc2c1.Cc1ccc2c(C)c(O)c(C(=O)O)cc2c1.F[n+]1ccccc1.[Li+].[Li+].[OH-].[OH-]. The quantitative estimate of drug-likeness (QED) is 0.0147. The van der Waals surface area contributed by atoms with Gasteiger partial charge in [0.25, 0.3) is 0 Å². The van der Waals surface area contributed by atoms with Crippen molar-refractivity contribution in [2.24, 2.45) is 0 Å². The number of carbonyl (C=O) groups excluding carboxylic acids is 5. The molecule has 722 valence electrons. The number of rotatable bonds is 14. The zero-order chi connectivity index (χ0) is 100. The molecule has 1 heterocycles. The van der Waals surface area contributed by atoms with Gasteiger partial charge < -0.3 is 69.5 Å². The van der Waals surface area contributed by atoms with E-state index in [0.717, 1.165) is 75.0 Å². The minimum absolute atomic E-state index is 0. The van der Waals surface area contributed by atoms with Crippen molar-refractivity contribution >= 4 is 159 Å². The number of phenolic OH excluding ortho intramolecular Hbond substituents is 3. The van der Waals surface area contributed by atoms with Crippen molar-refractivity contribution in [1.82, 2.24) is 0 Å². The molecule has 0 saturated carbocycles. The zero-order valence-electron chi connectivity index (χ0n) is 77.4. The van der Waals surface area contributed by atoms with E-state index >= 15 is 0 Å². The van der Waals surface area contributed by atoms with E-state index in [2.05, 4.69) is 40.8 Å². The molecule has 0 spiro atoms. The van der Waals surface area contributed by atoms with Crippen LogP contribution in [0.3, 0.4) is 0 Å². The van der Waals surface area contributed by atoms with Crippen molar-refractivity contribution in [3.63, 3.8) is 0 Å². The van der Waals surface area contributed by atoms with Crippen LogP contribution in [-0.4, -0.2) is 130 Å². The standard InChI is InChI=1S/C15H12F4O5S.C15H15FO2.C14H13FO3.C13H10BrFO3.C13H11BrO3.C13H11FO2.C13H12O3.C5H5FN.2Li.2H2O/c1-3-23-14(20)11-7-9-6-8(2)4-5-10(9)13(12(11)16)24-25(21,22)15(17,18)19;1-4-18-15(17)13-8-11-7-9(2)5-6-12(11)10(3)14(13)16;1-3-18-14(17)11-7-9-6-8(2)4-5-10(9)13(16)12(11)15;1-2-18-13(17)10-6-7-5-8(14)3-4-9(7)12(16)11(10)15;1-2-17-13(16)9-5-8-6-10(14)3-4-11(8)12(15)7-9;2*1-7-3-4-10-8(2)12(14)11(13(15)16)6-9(10)5-7;6-7-4-2-1-3-5-7;;;;/h4-7H,3H2,1-2H3;5-8H,4H2,1-3H3;4-7,16H,3H2,1-2H3;3-6,16H,2H2,1H3;3-7,15H,2H2,1H3;3-6H,1-2H3,(H,15,16);3-6,14H,1-2H3,(H,15,16);1-5H;;;2*1H2/q;;;;;;;3*+1;;/p-2. The van der Waals surface area contributed by atoms with Gasteiger partial charge in [-0.1, -0.05) is 157 Å². The Kier molecular flexibility index (Phi) is 44.6. The molecule has 1 aromatic heterocycles. The van der Waals surface area contributed by atoms with Crippen LogP contribution in [0.2, 0.25) is 0 Å². The molecule has 0 amide bonds. The first kappa shape index (κ1) is 118. The van der Waals surface area contributed by atoms with Gasteiger partial charge in [0.1, 0.15) is 28.7 Å². The van der Waals surface area contributed by atoms with E-state index in [1.807, 2.05) is 94.4 Å². The minimum atomic E-state index is -6.12. The summed E-state index contributed by atoms with van der Waals surface area (Å²) in [6.45, 7) is 23.3. The Bertz CT molecular complexity index is 6840. The molecule has 8 N–H and O–H groups in total. The number of fused-ring (bicyclic) bond motifs is 7. The number of aromatic hydroxyl groups is 4. The fourth-order valence-corrected chi connectivity index (χ4v) is 14.6. The van der Waals surface area contributed by atoms with Crippen LogP contribution < -0.4 is 46.7 Å². The molecule has 15 rings (SSSR count). The number of pyridine rings is 1. The van der Waals surface area contributed by atoms with Crippen molar-refractivity contribution in [3.8, 4) is 28.7 Å². The molecule has 0 aliphatic heterocycles. The number of phenols is 4. The Labute approximate surface area is 832 Å². The number of nitrogens with zero attached hydrogens (tertiary/aromatic N) is 1. The largest absolute Gasteiger partial charge is 1.00 e. The summed E-state index contributed by atoms with van der Waals surface area (Å²) in [5.74, 6) is -13.0. The van der Waals surface area contributed by atoms with E-state index < -0.39 is 109 Å². The third-order valence-corrected chi connectivity index (χ3v) is 21.8. The number of alkyl halides is 3. The van der Waals surface area contributed by atoms with E-state index in [1.165, 1.54) is 67.8 Å². The smallest absolute Gasteiger partial charge is 0.870 e. The third kappa shape index (κ3) is 29.9. The average Bonchev–Trinajstić information content (AvgIpc) is 0.758. The molecule has 15 aromatic rings. The van der Waals surface area contributed by atoms with Gasteiger partial charge in [-0.25, -0.2) is 55.5 Å². The molecule has 0 saturated heterocycles. The number of hydrogen-bond donors (Lipinski definition) is 6. The number of ether oxygens (including phenoxy) is 5. The van der Waals surface area contributed by atoms with Gasteiger partial charge in [0, 0.05) is 47.4 Å². The summed E-state index contributed by atoms with van der Waals surface area (Å²) in [6.07, 6.45) is 2.67. The van der Waals surface area contributed by atoms with Crippen molar-refractivity contribution in [2.75, 3.05) is 33.0 Å². The van der Waals surface area contributed by atoms with Crippen LogP contribution in [0.5, 0.6) is 28.7 Å². The van der Waals surface area contributed by atoms with Gasteiger partial charge in [0.15, 0.2) is 34.7 Å². The first-order chi connectivity index (χ1) is 63.6. The van der Waals surface area contributed by atoms with Crippen LogP contribution in [0.1, 0.15) is 152 Å². The van der Waals surface area contributed by atoms with E-state index in [0.29, 0.717) is 66.1 Å². The Morgan fingerprint density at radius 2 is 0.633 bits per heavy atom. The first-order valence-electron chi connectivity index (χ1n) is 40.9. The average molecular weight is 2060 g/mol. The number of aromatic nitrogens is 1. The molecule has 38 heteroatoms. The molecule has 0 unspecified atom stereocenters. The number of carboxylic acid groups (broad SMARTS) is 2. The van der Waals surface area contributed by atoms with Crippen LogP contribution >= 0.6 is 31.9 Å². The monoisotopic (exact) mass is 2060 g/mol. The van der Waals surface area contributed by atoms with Crippen LogP contribution in [0.4, 0.5) is 39.6 Å². The third-order valence-electron chi connectivity index (χ3n) is 19.9. The number of esters is 5. The maximum atomic E-state index is 14.5. The van der Waals surface area contributed by atoms with Crippen molar-refractivity contribution in [3.05, 3.63) is 328 Å². The van der Waals surface area contributed by atoms with Crippen molar-refractivity contribution < 1.29 is 194 Å². The van der Waals surface area contributed by atoms with Gasteiger partial charge in [0.2, 0.25) is 12.4 Å². The predicted octanol–water partition coefficient (Wildman–Crippen LogP) is 18.3. The Morgan fingerprint density at radius 1 is 0.345 bits per heavy atom. The van der Waals surface area contributed by atoms with Gasteiger partial charge in [-0.3, -0.25) is 0 Å². The maximum absolute atomic E-state index is 14.5. The van der Waals surface area contributed by atoms with Crippen molar-refractivity contribution in [1.29, 1.82) is 0 Å². The van der Waals surface area contributed by atoms with Crippen LogP contribution in [-0.2, 0) is 33.8 Å². The number of aromatic carboxylic acids is 2. The summed E-state index contributed by atoms with van der Waals surface area (Å²) in [5.41, 5.74) is -0.696. The second-order valence-electron chi connectivity index (χ2n) is 29.6. The molecule has 0 atom stereocenters. The van der Waals surface area contributed by atoms with E-state index in [9.17, 15) is 102 Å². The van der Waals surface area contributed by atoms with Crippen LogP contribution in [0.15, 0.2) is 215 Å². The molecule has 0 radical (unpaired) electrons. The molecule has 0 aliphatic carbocycles. The molecule has 24 nitrogen and oxygen atoms in total. The summed E-state index contributed by atoms with van der Waals surface area (Å²) in [5, 5.41) is 65.2. The van der Waals surface area contributed by atoms with Gasteiger partial charge >= 0.3 is 95.1 Å². The number of carbonyl (C=O) groups is 7. The second kappa shape index (κ2) is 52.5. The van der Waals surface area contributed by atoms with E-state index in [4.69, 9.17) is 29.2 Å². The summed E-state index contributed by atoms with van der Waals surface area (Å²) in [4.78, 5) is 80.5. The second-order valence-corrected chi connectivity index (χ2v) is 33.0. The minimum Gasteiger partial charge on any atom is -0.870 e. The number of halogens is 11. The van der Waals surface area contributed by atoms with Gasteiger partial charge in [0.05, 0.1) is 70.9 Å². The van der Waals surface area contributed by atoms with E-state index in [1.54, 1.807) is 128 Å². The summed E-state index contributed by atoms with van der Waals surface area (Å²) in [6, 6.07) is 53.1. The van der Waals surface area contributed by atoms with E-state index in [-0.39, 0.29) is 125 Å². The number of carboxylic acids is 2. The molecule has 0 bridgehead atoms. The number of hydrogen-bond acceptors (Lipinski definition) is 21. The Balaban J connectivity index is 0.000000334. The van der Waals surface area contributed by atoms with Crippen molar-refractivity contribution in [2.45, 2.75) is 95.5 Å². The Morgan fingerprint density at radius 3 is 0.993 bits per heavy atom. The Hall–Kier alpha value is -13.3. The fraction of sp³-hybridized carbons (Fsp3) is 0.188. The molecule has 0 fully saturated rings. The predicted molar refractivity (Wildman–Crippen MR) is 504 cm³/mol. The summed E-state index contributed by atoms with van der Waals surface area (Å²) >= 11 is 6.63. The number of aryl methyl sites for hydroxylation is 8. The van der Waals surface area contributed by atoms with Gasteiger partial charge in [-0.15, -0.1) is 0 Å². The molecular weight excluding hydrogens is 1970 g/mol. The topological polar surface area (TPSA) is 394 Å². The molecule has 0 aliphatic rings. The van der Waals surface area contributed by atoms with Gasteiger partial charge in [-0.2, -0.15) is 21.6 Å². The van der Waals surface area contributed by atoms with Crippen LogP contribution in [0.25, 0.3) is 75.4 Å². The summed E-state index contributed by atoms with van der Waals surface area (Å²) in [7, 11) is -6.12.